The molecular formula is C76H72N18O9. The maximum absolute atomic E-state index is 12.9. The van der Waals surface area contributed by atoms with Crippen molar-refractivity contribution < 1.29 is 28.6 Å². The van der Waals surface area contributed by atoms with Crippen LogP contribution < -0.4 is 53.4 Å². The number of nitrogen functional groups attached to an aromatic ring is 3. The fourth-order valence-corrected chi connectivity index (χ4v) is 14.1. The molecule has 1 spiro atoms. The van der Waals surface area contributed by atoms with Gasteiger partial charge >= 0.3 is 0 Å². The molecule has 3 atom stereocenters. The molecular weight excluding hydrogens is 1310 g/mol. The van der Waals surface area contributed by atoms with Crippen LogP contribution in [0.3, 0.4) is 0 Å². The number of fused-ring (bicyclic) bond motifs is 3. The quantitative estimate of drug-likeness (QED) is 0.0442. The van der Waals surface area contributed by atoms with Gasteiger partial charge in [-0.3, -0.25) is 42.8 Å². The smallest absolute Gasteiger partial charge is 0.290 e. The number of hydrogen-bond acceptors (Lipinski definition) is 18. The van der Waals surface area contributed by atoms with Crippen molar-refractivity contribution in [2.45, 2.75) is 69.1 Å². The van der Waals surface area contributed by atoms with Crippen LogP contribution in [0, 0.1) is 5.41 Å². The van der Waals surface area contributed by atoms with Crippen LogP contribution in [0.25, 0.3) is 66.5 Å². The molecule has 2 saturated heterocycles. The van der Waals surface area contributed by atoms with Crippen molar-refractivity contribution in [3.63, 3.8) is 0 Å². The highest BCUT2D eigenvalue weighted by atomic mass is 16.5. The largest absolute Gasteiger partial charge is 0.457 e. The summed E-state index contributed by atoms with van der Waals surface area (Å²) in [6, 6.07) is 50.8. The van der Waals surface area contributed by atoms with E-state index in [1.54, 1.807) is 23.8 Å². The SMILES string of the molecule is C=CC(=O)N1CC2(CC(n3nc(-c4ccc(Oc5ccccc5)cc4)c4c(N)n[nH]c(=O)c43)C2)C1.C=CC(=O)N1CCC(n2nc(-c3ccc(Oc4ccccc4)cc3)c3c(N)n[nH]c(=O)c32)C1.C=CC(=O)NC1CCCC(n2nc(-c3ccc(Oc4ccccc4)cc3)c3c(N)n[nH]c(=O)c32)C1. The van der Waals surface area contributed by atoms with Crippen molar-refractivity contribution in [3.05, 3.63) is 233 Å². The van der Waals surface area contributed by atoms with Gasteiger partial charge in [-0.15, -0.1) is 0 Å². The summed E-state index contributed by atoms with van der Waals surface area (Å²) in [7, 11) is 0. The zero-order chi connectivity index (χ0) is 71.5. The van der Waals surface area contributed by atoms with Gasteiger partial charge in [0.2, 0.25) is 17.7 Å². The first-order valence-electron chi connectivity index (χ1n) is 33.6. The van der Waals surface area contributed by atoms with E-state index in [1.807, 2.05) is 164 Å². The number of amides is 3. The average Bonchev–Trinajstić information content (AvgIpc) is 1.71. The van der Waals surface area contributed by atoms with E-state index in [0.717, 1.165) is 66.0 Å². The normalized spacial score (nSPS) is 16.7. The molecule has 4 aliphatic rings. The van der Waals surface area contributed by atoms with Crippen molar-refractivity contribution in [3.8, 4) is 68.3 Å². The van der Waals surface area contributed by atoms with E-state index in [2.05, 4.69) is 55.6 Å². The lowest BCUT2D eigenvalue weighted by atomic mass is 9.60. The number of para-hydroxylation sites is 3. The van der Waals surface area contributed by atoms with E-state index < -0.39 is 0 Å². The number of likely N-dealkylation sites (tertiary alicyclic amines) is 2. The third-order valence-electron chi connectivity index (χ3n) is 19.0. The van der Waals surface area contributed by atoms with Gasteiger partial charge in [-0.25, -0.2) is 15.3 Å². The minimum absolute atomic E-state index is 0.0189. The highest BCUT2D eigenvalue weighted by Gasteiger charge is 2.54. The molecule has 103 heavy (non-hydrogen) atoms. The number of anilines is 3. The molecule has 3 unspecified atom stereocenters. The van der Waals surface area contributed by atoms with Crippen molar-refractivity contribution in [2.75, 3.05) is 43.4 Å². The predicted octanol–water partition coefficient (Wildman–Crippen LogP) is 10.6. The van der Waals surface area contributed by atoms with Crippen LogP contribution in [0.5, 0.6) is 34.5 Å². The van der Waals surface area contributed by atoms with Crippen molar-refractivity contribution >= 4 is 67.9 Å². The van der Waals surface area contributed by atoms with Crippen molar-refractivity contribution in [2.24, 2.45) is 5.41 Å². The Hall–Kier alpha value is -13.2. The Balaban J connectivity index is 0.000000131. The molecule has 4 fully saturated rings. The van der Waals surface area contributed by atoms with Gasteiger partial charge in [0, 0.05) is 54.3 Å². The number of carbonyl (C=O) groups excluding carboxylic acids is 3. The first-order valence-corrected chi connectivity index (χ1v) is 33.6. The fourth-order valence-electron chi connectivity index (χ4n) is 14.1. The average molecular weight is 1380 g/mol. The zero-order valence-corrected chi connectivity index (χ0v) is 55.9. The van der Waals surface area contributed by atoms with E-state index in [0.29, 0.717) is 106 Å². The van der Waals surface area contributed by atoms with E-state index >= 15 is 0 Å². The standard InChI is InChI=1S/C26H24N6O3.C26H26N6O3.C24H22N6O3/c1-2-20(33)31-14-26(15-31)12-17(13-26)32-23-21(24(27)28-29-25(23)34)22(30-32)16-8-10-19(11-9-16)35-18-6-4-3-5-7-18;1-2-21(33)28-17-7-6-8-18(15-17)32-24-22(25(27)29-30-26(24)34)23(31-32)16-11-13-20(14-12-16)35-19-9-4-3-5-10-19;1-2-19(31)29-13-12-16(14-29)30-22-20(23(25)26-27-24(22)32)21(28-30)15-8-10-18(11-9-15)33-17-6-4-3-5-7-17/h2-11,17H,1,12-15H2,(H2,27,28)(H,29,34);2-5,9-14,17-18H,1,6-8,15H2,(H2,27,29)(H,28,33)(H,30,34);2-11,16H,1,12-14H2,(H2,25,26)(H,27,32). The van der Waals surface area contributed by atoms with Gasteiger partial charge in [-0.1, -0.05) is 74.3 Å². The minimum Gasteiger partial charge on any atom is -0.457 e. The molecule has 0 bridgehead atoms. The van der Waals surface area contributed by atoms with Gasteiger partial charge in [0.1, 0.15) is 68.1 Å². The molecule has 2 saturated carbocycles. The number of nitrogens with zero attached hydrogens (tertiary/aromatic N) is 11. The first kappa shape index (κ1) is 67.0. The lowest BCUT2D eigenvalue weighted by molar-refractivity contribution is -0.148. The highest BCUT2D eigenvalue weighted by Crippen LogP contribution is 2.55. The number of ether oxygens (including phenoxy) is 3. The van der Waals surface area contributed by atoms with Crippen LogP contribution in [-0.2, 0) is 14.4 Å². The molecule has 6 aromatic carbocycles. The molecule has 16 rings (SSSR count). The number of carbonyl (C=O) groups is 3. The molecule has 2 aliphatic heterocycles. The van der Waals surface area contributed by atoms with Gasteiger partial charge in [0.05, 0.1) is 34.3 Å². The van der Waals surface area contributed by atoms with Crippen LogP contribution in [0.15, 0.2) is 216 Å². The monoisotopic (exact) mass is 1380 g/mol. The van der Waals surface area contributed by atoms with Crippen molar-refractivity contribution in [1.82, 2.24) is 75.1 Å². The molecule has 10 N–H and O–H groups in total. The van der Waals surface area contributed by atoms with Crippen LogP contribution in [0.1, 0.15) is 63.1 Å². The van der Waals surface area contributed by atoms with Crippen LogP contribution >= 0.6 is 0 Å². The van der Waals surface area contributed by atoms with Gasteiger partial charge in [0.15, 0.2) is 17.5 Å². The Morgan fingerprint density at radius 1 is 0.466 bits per heavy atom. The number of nitrogens with one attached hydrogen (secondary N) is 4. The molecule has 6 aromatic heterocycles. The van der Waals surface area contributed by atoms with E-state index in [4.69, 9.17) is 46.7 Å². The molecule has 520 valence electrons. The lowest BCUT2D eigenvalue weighted by Crippen LogP contribution is -2.63. The van der Waals surface area contributed by atoms with Gasteiger partial charge in [-0.2, -0.15) is 30.6 Å². The van der Waals surface area contributed by atoms with E-state index in [-0.39, 0.29) is 81.4 Å². The number of hydrogen-bond donors (Lipinski definition) is 7. The number of aromatic amines is 3. The third-order valence-corrected chi connectivity index (χ3v) is 19.0. The number of nitrogens with two attached hydrogens (primary N) is 3. The maximum atomic E-state index is 12.9. The third kappa shape index (κ3) is 13.7. The summed E-state index contributed by atoms with van der Waals surface area (Å²) in [6.07, 6.45) is 9.52. The Bertz CT molecular complexity index is 5370. The molecule has 8 heterocycles. The van der Waals surface area contributed by atoms with Gasteiger partial charge < -0.3 is 46.5 Å². The van der Waals surface area contributed by atoms with Gasteiger partial charge in [0.25, 0.3) is 16.7 Å². The highest BCUT2D eigenvalue weighted by molar-refractivity contribution is 6.02. The maximum Gasteiger partial charge on any atom is 0.290 e. The Morgan fingerprint density at radius 2 is 0.835 bits per heavy atom. The van der Waals surface area contributed by atoms with Crippen LogP contribution in [0.4, 0.5) is 17.5 Å². The summed E-state index contributed by atoms with van der Waals surface area (Å²) in [6.45, 7) is 13.1. The number of H-pyrrole nitrogens is 3. The number of aromatic nitrogens is 12. The molecule has 0 radical (unpaired) electrons. The Morgan fingerprint density at radius 3 is 1.22 bits per heavy atom. The fraction of sp³-hybridized carbons (Fsp3) is 0.211. The summed E-state index contributed by atoms with van der Waals surface area (Å²) in [5.74, 6) is 4.51. The van der Waals surface area contributed by atoms with E-state index in [1.165, 1.54) is 18.2 Å². The number of benzene rings is 6. The summed E-state index contributed by atoms with van der Waals surface area (Å²) in [5.41, 5.74) is 22.9. The zero-order valence-electron chi connectivity index (χ0n) is 55.9. The second-order valence-electron chi connectivity index (χ2n) is 25.8. The minimum atomic E-state index is -0.379. The molecule has 27 heteroatoms. The van der Waals surface area contributed by atoms with E-state index in [9.17, 15) is 28.8 Å². The van der Waals surface area contributed by atoms with Crippen molar-refractivity contribution in [1.29, 1.82) is 0 Å². The molecule has 27 nitrogen and oxygen atoms in total. The lowest BCUT2D eigenvalue weighted by Gasteiger charge is -2.58. The second-order valence-corrected chi connectivity index (χ2v) is 25.8. The summed E-state index contributed by atoms with van der Waals surface area (Å²) >= 11 is 0. The molecule has 3 amide bonds. The topological polar surface area (TPSA) is 366 Å². The van der Waals surface area contributed by atoms with Gasteiger partial charge in [-0.05, 0) is 172 Å². The number of rotatable bonds is 16. The summed E-state index contributed by atoms with van der Waals surface area (Å²) in [5, 5.41) is 38.3. The Labute approximate surface area is 587 Å². The summed E-state index contributed by atoms with van der Waals surface area (Å²) in [4.78, 5) is 77.6. The Kier molecular flexibility index (Phi) is 18.6. The molecule has 2 aliphatic carbocycles. The second kappa shape index (κ2) is 28.6. The van der Waals surface area contributed by atoms with Crippen LogP contribution in [-0.4, -0.2) is 120 Å². The summed E-state index contributed by atoms with van der Waals surface area (Å²) < 4.78 is 22.9. The first-order chi connectivity index (χ1) is 50.0. The molecule has 12 aromatic rings. The predicted molar refractivity (Wildman–Crippen MR) is 391 cm³/mol. The van der Waals surface area contributed by atoms with Crippen LogP contribution in [0.2, 0.25) is 0 Å².